The first kappa shape index (κ1) is 14.6. The minimum Gasteiger partial charge on any atom is -0.323 e. The lowest BCUT2D eigenvalue weighted by Gasteiger charge is -2.05. The average molecular weight is 340 g/mol. The number of rotatable bonds is 5. The molecule has 0 amide bonds. The standard InChI is InChI=1S/C12H14BrN5O2/c1-2-3-9(14)10-7-17(16-15-10)11-5-4-8(13)6-12(11)18(19)20/h4-7,9H,2-3,14H2,1H3. The van der Waals surface area contributed by atoms with Gasteiger partial charge in [0, 0.05) is 10.5 Å². The number of benzene rings is 1. The fraction of sp³-hybridized carbons (Fsp3) is 0.333. The van der Waals surface area contributed by atoms with E-state index in [1.165, 1.54) is 10.7 Å². The van der Waals surface area contributed by atoms with Crippen molar-refractivity contribution in [3.05, 3.63) is 44.7 Å². The lowest BCUT2D eigenvalue weighted by Crippen LogP contribution is -2.10. The molecule has 0 fully saturated rings. The van der Waals surface area contributed by atoms with Crippen LogP contribution in [-0.4, -0.2) is 19.9 Å². The molecule has 0 aliphatic rings. The third-order valence-corrected chi connectivity index (χ3v) is 3.36. The molecular weight excluding hydrogens is 326 g/mol. The lowest BCUT2D eigenvalue weighted by molar-refractivity contribution is -0.384. The predicted octanol–water partition coefficient (Wildman–Crippen LogP) is 2.74. The van der Waals surface area contributed by atoms with Crippen molar-refractivity contribution in [2.24, 2.45) is 5.73 Å². The molecular formula is C12H14BrN5O2. The van der Waals surface area contributed by atoms with Crippen molar-refractivity contribution in [3.8, 4) is 5.69 Å². The van der Waals surface area contributed by atoms with Gasteiger partial charge in [-0.15, -0.1) is 5.10 Å². The van der Waals surface area contributed by atoms with Crippen LogP contribution in [0.2, 0.25) is 0 Å². The molecule has 1 heterocycles. The molecule has 8 heteroatoms. The highest BCUT2D eigenvalue weighted by molar-refractivity contribution is 9.10. The van der Waals surface area contributed by atoms with Gasteiger partial charge in [0.1, 0.15) is 5.69 Å². The van der Waals surface area contributed by atoms with Crippen molar-refractivity contribution in [2.45, 2.75) is 25.8 Å². The maximum atomic E-state index is 11.1. The SMILES string of the molecule is CCCC(N)c1cn(-c2ccc(Br)cc2[N+](=O)[O-])nn1. The molecule has 2 rings (SSSR count). The fourth-order valence-corrected chi connectivity index (χ4v) is 2.21. The van der Waals surface area contributed by atoms with E-state index in [-0.39, 0.29) is 11.7 Å². The van der Waals surface area contributed by atoms with Crippen LogP contribution >= 0.6 is 15.9 Å². The second-order valence-electron chi connectivity index (χ2n) is 4.37. The fourth-order valence-electron chi connectivity index (χ4n) is 1.86. The molecule has 0 aliphatic heterocycles. The van der Waals surface area contributed by atoms with Gasteiger partial charge in [-0.1, -0.05) is 34.5 Å². The molecule has 0 saturated heterocycles. The van der Waals surface area contributed by atoms with E-state index in [9.17, 15) is 10.1 Å². The Kier molecular flexibility index (Phi) is 4.46. The molecule has 1 unspecified atom stereocenters. The molecule has 20 heavy (non-hydrogen) atoms. The Morgan fingerprint density at radius 3 is 2.95 bits per heavy atom. The Balaban J connectivity index is 2.40. The Labute approximate surface area is 124 Å². The summed E-state index contributed by atoms with van der Waals surface area (Å²) in [5.41, 5.74) is 6.91. The number of hydrogen-bond acceptors (Lipinski definition) is 5. The number of nitrogens with zero attached hydrogens (tertiary/aromatic N) is 4. The number of nitro groups is 1. The second-order valence-corrected chi connectivity index (χ2v) is 5.29. The average Bonchev–Trinajstić information content (AvgIpc) is 2.88. The molecule has 1 aromatic heterocycles. The minimum atomic E-state index is -0.451. The summed E-state index contributed by atoms with van der Waals surface area (Å²) in [6.07, 6.45) is 3.37. The van der Waals surface area contributed by atoms with Gasteiger partial charge in [-0.25, -0.2) is 4.68 Å². The smallest absolute Gasteiger partial charge is 0.296 e. The molecule has 2 N–H and O–H groups in total. The predicted molar refractivity (Wildman–Crippen MR) is 77.5 cm³/mol. The van der Waals surface area contributed by atoms with Crippen molar-refractivity contribution >= 4 is 21.6 Å². The molecule has 0 radical (unpaired) electrons. The van der Waals surface area contributed by atoms with E-state index in [0.29, 0.717) is 15.9 Å². The van der Waals surface area contributed by atoms with E-state index in [2.05, 4.69) is 26.2 Å². The lowest BCUT2D eigenvalue weighted by atomic mass is 10.1. The van der Waals surface area contributed by atoms with Gasteiger partial charge in [0.05, 0.1) is 22.9 Å². The maximum Gasteiger partial charge on any atom is 0.296 e. The first-order valence-electron chi connectivity index (χ1n) is 6.15. The van der Waals surface area contributed by atoms with Crippen molar-refractivity contribution < 1.29 is 4.92 Å². The monoisotopic (exact) mass is 339 g/mol. The van der Waals surface area contributed by atoms with Gasteiger partial charge in [0.15, 0.2) is 0 Å². The van der Waals surface area contributed by atoms with Crippen LogP contribution in [-0.2, 0) is 0 Å². The van der Waals surface area contributed by atoms with Crippen molar-refractivity contribution in [2.75, 3.05) is 0 Å². The number of halogens is 1. The first-order chi connectivity index (χ1) is 9.52. The molecule has 0 aliphatic carbocycles. The molecule has 0 bridgehead atoms. The zero-order chi connectivity index (χ0) is 14.7. The molecule has 7 nitrogen and oxygen atoms in total. The topological polar surface area (TPSA) is 99.9 Å². The van der Waals surface area contributed by atoms with Gasteiger partial charge >= 0.3 is 0 Å². The van der Waals surface area contributed by atoms with Gasteiger partial charge in [0.25, 0.3) is 5.69 Å². The zero-order valence-electron chi connectivity index (χ0n) is 10.9. The van der Waals surface area contributed by atoms with Crippen LogP contribution < -0.4 is 5.73 Å². The Hall–Kier alpha value is -1.80. The van der Waals surface area contributed by atoms with Crippen LogP contribution in [0.1, 0.15) is 31.5 Å². The van der Waals surface area contributed by atoms with Crippen LogP contribution in [0.15, 0.2) is 28.9 Å². The summed E-state index contributed by atoms with van der Waals surface area (Å²) >= 11 is 3.22. The Bertz CT molecular complexity index is 628. The third kappa shape index (κ3) is 3.02. The Morgan fingerprint density at radius 2 is 2.30 bits per heavy atom. The minimum absolute atomic E-state index is 0.0418. The van der Waals surface area contributed by atoms with Crippen LogP contribution in [0.3, 0.4) is 0 Å². The zero-order valence-corrected chi connectivity index (χ0v) is 12.4. The molecule has 0 saturated carbocycles. The van der Waals surface area contributed by atoms with E-state index >= 15 is 0 Å². The summed E-state index contributed by atoms with van der Waals surface area (Å²) in [7, 11) is 0. The quantitative estimate of drug-likeness (QED) is 0.666. The largest absolute Gasteiger partial charge is 0.323 e. The van der Waals surface area contributed by atoms with Crippen molar-refractivity contribution in [1.82, 2.24) is 15.0 Å². The summed E-state index contributed by atoms with van der Waals surface area (Å²) in [6.45, 7) is 2.03. The molecule has 1 aromatic carbocycles. The summed E-state index contributed by atoms with van der Waals surface area (Å²) in [5, 5.41) is 19.0. The van der Waals surface area contributed by atoms with Crippen molar-refractivity contribution in [1.29, 1.82) is 0 Å². The normalized spacial score (nSPS) is 12.3. The summed E-state index contributed by atoms with van der Waals surface area (Å²) in [6, 6.07) is 4.56. The highest BCUT2D eigenvalue weighted by Gasteiger charge is 2.18. The highest BCUT2D eigenvalue weighted by Crippen LogP contribution is 2.26. The van der Waals surface area contributed by atoms with Crippen LogP contribution in [0.25, 0.3) is 5.69 Å². The highest BCUT2D eigenvalue weighted by atomic mass is 79.9. The van der Waals surface area contributed by atoms with Crippen LogP contribution in [0, 0.1) is 10.1 Å². The number of nitrogens with two attached hydrogens (primary N) is 1. The van der Waals surface area contributed by atoms with E-state index in [1.54, 1.807) is 18.3 Å². The van der Waals surface area contributed by atoms with Gasteiger partial charge in [-0.05, 0) is 18.6 Å². The molecule has 2 aromatic rings. The van der Waals surface area contributed by atoms with Gasteiger partial charge in [-0.3, -0.25) is 10.1 Å². The van der Waals surface area contributed by atoms with Crippen LogP contribution in [0.5, 0.6) is 0 Å². The van der Waals surface area contributed by atoms with E-state index in [1.807, 2.05) is 6.92 Å². The second kappa shape index (κ2) is 6.10. The molecule has 106 valence electrons. The van der Waals surface area contributed by atoms with Gasteiger partial charge < -0.3 is 5.73 Å². The number of nitro benzene ring substituents is 1. The molecule has 0 spiro atoms. The van der Waals surface area contributed by atoms with Gasteiger partial charge in [0.2, 0.25) is 0 Å². The van der Waals surface area contributed by atoms with E-state index < -0.39 is 4.92 Å². The molecule has 1 atom stereocenters. The number of hydrogen-bond donors (Lipinski definition) is 1. The van der Waals surface area contributed by atoms with E-state index in [0.717, 1.165) is 12.8 Å². The summed E-state index contributed by atoms with van der Waals surface area (Å²) in [5.74, 6) is 0. The maximum absolute atomic E-state index is 11.1. The summed E-state index contributed by atoms with van der Waals surface area (Å²) in [4.78, 5) is 10.6. The first-order valence-corrected chi connectivity index (χ1v) is 6.94. The van der Waals surface area contributed by atoms with Gasteiger partial charge in [-0.2, -0.15) is 0 Å². The van der Waals surface area contributed by atoms with Crippen LogP contribution in [0.4, 0.5) is 5.69 Å². The van der Waals surface area contributed by atoms with Crippen molar-refractivity contribution in [3.63, 3.8) is 0 Å². The summed E-state index contributed by atoms with van der Waals surface area (Å²) < 4.78 is 2.02. The Morgan fingerprint density at radius 1 is 1.55 bits per heavy atom. The van der Waals surface area contributed by atoms with E-state index in [4.69, 9.17) is 5.73 Å². The third-order valence-electron chi connectivity index (χ3n) is 2.87. The number of aromatic nitrogens is 3.